The van der Waals surface area contributed by atoms with Crippen molar-refractivity contribution in [3.8, 4) is 0 Å². The fourth-order valence-corrected chi connectivity index (χ4v) is 4.88. The summed E-state index contributed by atoms with van der Waals surface area (Å²) in [7, 11) is -3.66. The number of nitrogens with one attached hydrogen (secondary N) is 2. The molecule has 1 heterocycles. The lowest BCUT2D eigenvalue weighted by molar-refractivity contribution is 0.0730. The van der Waals surface area contributed by atoms with Crippen molar-refractivity contribution in [2.75, 3.05) is 36.9 Å². The van der Waals surface area contributed by atoms with Crippen LogP contribution in [0.5, 0.6) is 0 Å². The first-order chi connectivity index (χ1) is 13.3. The maximum atomic E-state index is 13.1. The number of halogens is 1. The van der Waals surface area contributed by atoms with E-state index in [0.717, 1.165) is 16.8 Å². The van der Waals surface area contributed by atoms with E-state index < -0.39 is 10.0 Å². The minimum Gasteiger partial charge on any atom is -0.379 e. The number of morpholine rings is 1. The van der Waals surface area contributed by atoms with Crippen LogP contribution in [0.4, 0.5) is 11.4 Å². The molecular formula is C19H22ClN3O3S2. The van der Waals surface area contributed by atoms with Crippen LogP contribution in [0.1, 0.15) is 11.1 Å². The Hall–Kier alpha value is -1.71. The summed E-state index contributed by atoms with van der Waals surface area (Å²) in [5, 5.41) is 6.95. The molecule has 0 aromatic heterocycles. The van der Waals surface area contributed by atoms with Crippen LogP contribution in [-0.2, 0) is 14.8 Å². The van der Waals surface area contributed by atoms with Gasteiger partial charge in [-0.2, -0.15) is 4.31 Å². The molecule has 2 N–H and O–H groups in total. The molecule has 1 fully saturated rings. The Morgan fingerprint density at radius 1 is 1.11 bits per heavy atom. The van der Waals surface area contributed by atoms with E-state index in [-0.39, 0.29) is 10.0 Å². The van der Waals surface area contributed by atoms with Crippen molar-refractivity contribution in [1.29, 1.82) is 0 Å². The first-order valence-corrected chi connectivity index (χ1v) is 11.0. The average molecular weight is 440 g/mol. The third-order valence-corrected chi connectivity index (χ3v) is 6.95. The molecular weight excluding hydrogens is 418 g/mol. The zero-order valence-electron chi connectivity index (χ0n) is 15.7. The molecule has 1 aliphatic rings. The Morgan fingerprint density at radius 3 is 2.50 bits per heavy atom. The monoisotopic (exact) mass is 439 g/mol. The molecule has 3 rings (SSSR count). The Morgan fingerprint density at radius 2 is 1.82 bits per heavy atom. The van der Waals surface area contributed by atoms with Gasteiger partial charge in [-0.3, -0.25) is 0 Å². The summed E-state index contributed by atoms with van der Waals surface area (Å²) in [6, 6.07) is 10.7. The lowest BCUT2D eigenvalue weighted by atomic mass is 10.2. The van der Waals surface area contributed by atoms with E-state index in [4.69, 9.17) is 28.6 Å². The second-order valence-corrected chi connectivity index (χ2v) is 9.28. The minimum atomic E-state index is -3.66. The molecule has 1 saturated heterocycles. The SMILES string of the molecule is Cc1ccc(NC(=S)Nc2ccc(C)c(Cl)c2)c(S(=O)(=O)N2CCOCC2)c1. The van der Waals surface area contributed by atoms with Crippen LogP contribution in [0.25, 0.3) is 0 Å². The van der Waals surface area contributed by atoms with E-state index in [0.29, 0.717) is 37.0 Å². The van der Waals surface area contributed by atoms with E-state index in [1.54, 1.807) is 18.2 Å². The topological polar surface area (TPSA) is 70.7 Å². The van der Waals surface area contributed by atoms with Crippen molar-refractivity contribution in [2.45, 2.75) is 18.7 Å². The molecule has 0 radical (unpaired) electrons. The minimum absolute atomic E-state index is 0.195. The fraction of sp³-hybridized carbons (Fsp3) is 0.316. The molecule has 0 saturated carbocycles. The van der Waals surface area contributed by atoms with Gasteiger partial charge in [-0.15, -0.1) is 0 Å². The third-order valence-electron chi connectivity index (χ3n) is 4.40. The van der Waals surface area contributed by atoms with Gasteiger partial charge in [0, 0.05) is 23.8 Å². The standard InChI is InChI=1S/C19H22ClN3O3S2/c1-13-3-6-17(18(11-13)28(24,25)23-7-9-26-10-8-23)22-19(27)21-15-5-4-14(2)16(20)12-15/h3-6,11-12H,7-10H2,1-2H3,(H2,21,22,27). The quantitative estimate of drug-likeness (QED) is 0.706. The summed E-state index contributed by atoms with van der Waals surface area (Å²) >= 11 is 11.5. The van der Waals surface area contributed by atoms with Gasteiger partial charge in [0.2, 0.25) is 10.0 Å². The smallest absolute Gasteiger partial charge is 0.245 e. The lowest BCUT2D eigenvalue weighted by Crippen LogP contribution is -2.41. The highest BCUT2D eigenvalue weighted by Gasteiger charge is 2.29. The molecule has 0 unspecified atom stereocenters. The molecule has 1 aliphatic heterocycles. The van der Waals surface area contributed by atoms with Crippen LogP contribution in [0.15, 0.2) is 41.3 Å². The number of thiocarbonyl (C=S) groups is 1. The molecule has 0 aliphatic carbocycles. The van der Waals surface area contributed by atoms with E-state index in [1.165, 1.54) is 4.31 Å². The number of rotatable bonds is 4. The Kier molecular flexibility index (Phi) is 6.57. The number of benzene rings is 2. The van der Waals surface area contributed by atoms with Crippen molar-refractivity contribution < 1.29 is 13.2 Å². The molecule has 0 amide bonds. The molecule has 150 valence electrons. The zero-order valence-corrected chi connectivity index (χ0v) is 18.0. The van der Waals surface area contributed by atoms with Crippen molar-refractivity contribution in [1.82, 2.24) is 4.31 Å². The summed E-state index contributed by atoms with van der Waals surface area (Å²) in [6.07, 6.45) is 0. The first kappa shape index (κ1) is 21.0. The Bertz CT molecular complexity index is 990. The maximum absolute atomic E-state index is 13.1. The molecule has 0 bridgehead atoms. The van der Waals surface area contributed by atoms with Crippen LogP contribution in [0, 0.1) is 13.8 Å². The summed E-state index contributed by atoms with van der Waals surface area (Å²) < 4.78 is 33.0. The molecule has 2 aromatic carbocycles. The van der Waals surface area contributed by atoms with Gasteiger partial charge in [0.25, 0.3) is 0 Å². The van der Waals surface area contributed by atoms with Crippen molar-refractivity contribution in [2.24, 2.45) is 0 Å². The highest BCUT2D eigenvalue weighted by Crippen LogP contribution is 2.27. The van der Waals surface area contributed by atoms with Crippen molar-refractivity contribution in [3.05, 3.63) is 52.5 Å². The second-order valence-electron chi connectivity index (χ2n) is 6.56. The molecule has 0 atom stereocenters. The zero-order chi connectivity index (χ0) is 20.3. The summed E-state index contributed by atoms with van der Waals surface area (Å²) in [4.78, 5) is 0.195. The number of hydrogen-bond acceptors (Lipinski definition) is 4. The van der Waals surface area contributed by atoms with Crippen LogP contribution in [0.2, 0.25) is 5.02 Å². The predicted octanol–water partition coefficient (Wildman–Crippen LogP) is 3.79. The van der Waals surface area contributed by atoms with E-state index in [2.05, 4.69) is 10.6 Å². The number of nitrogens with zero attached hydrogens (tertiary/aromatic N) is 1. The van der Waals surface area contributed by atoms with Gasteiger partial charge in [-0.05, 0) is 61.5 Å². The Labute approximate surface area is 175 Å². The normalized spacial score (nSPS) is 15.2. The highest BCUT2D eigenvalue weighted by atomic mass is 35.5. The number of sulfonamides is 1. The van der Waals surface area contributed by atoms with Crippen LogP contribution in [0.3, 0.4) is 0 Å². The second kappa shape index (κ2) is 8.75. The molecule has 28 heavy (non-hydrogen) atoms. The van der Waals surface area contributed by atoms with E-state index >= 15 is 0 Å². The highest BCUT2D eigenvalue weighted by molar-refractivity contribution is 7.89. The number of aryl methyl sites for hydroxylation is 2. The molecule has 9 heteroatoms. The average Bonchev–Trinajstić information content (AvgIpc) is 2.67. The molecule has 6 nitrogen and oxygen atoms in total. The van der Waals surface area contributed by atoms with Gasteiger partial charge in [-0.1, -0.05) is 23.7 Å². The third kappa shape index (κ3) is 4.82. The van der Waals surface area contributed by atoms with Gasteiger partial charge < -0.3 is 15.4 Å². The van der Waals surface area contributed by atoms with Crippen molar-refractivity contribution in [3.63, 3.8) is 0 Å². The fourth-order valence-electron chi connectivity index (χ4n) is 2.83. The van der Waals surface area contributed by atoms with E-state index in [9.17, 15) is 8.42 Å². The van der Waals surface area contributed by atoms with Gasteiger partial charge >= 0.3 is 0 Å². The van der Waals surface area contributed by atoms with Gasteiger partial charge in [0.15, 0.2) is 5.11 Å². The summed E-state index contributed by atoms with van der Waals surface area (Å²) in [5.41, 5.74) is 2.95. The van der Waals surface area contributed by atoms with E-state index in [1.807, 2.05) is 32.0 Å². The molecule has 2 aromatic rings. The largest absolute Gasteiger partial charge is 0.379 e. The summed E-state index contributed by atoms with van der Waals surface area (Å²) in [6.45, 7) is 5.22. The van der Waals surface area contributed by atoms with Gasteiger partial charge in [0.05, 0.1) is 18.9 Å². The number of ether oxygens (including phenoxy) is 1. The molecule has 0 spiro atoms. The number of hydrogen-bond donors (Lipinski definition) is 2. The first-order valence-electron chi connectivity index (χ1n) is 8.80. The predicted molar refractivity (Wildman–Crippen MR) is 117 cm³/mol. The summed E-state index contributed by atoms with van der Waals surface area (Å²) in [5.74, 6) is 0. The lowest BCUT2D eigenvalue weighted by Gasteiger charge is -2.27. The Balaban J connectivity index is 1.83. The van der Waals surface area contributed by atoms with Gasteiger partial charge in [0.1, 0.15) is 4.90 Å². The van der Waals surface area contributed by atoms with Gasteiger partial charge in [-0.25, -0.2) is 8.42 Å². The van der Waals surface area contributed by atoms with Crippen LogP contribution in [-0.4, -0.2) is 44.1 Å². The number of anilines is 2. The van der Waals surface area contributed by atoms with Crippen LogP contribution < -0.4 is 10.6 Å². The van der Waals surface area contributed by atoms with Crippen LogP contribution >= 0.6 is 23.8 Å². The maximum Gasteiger partial charge on any atom is 0.245 e. The van der Waals surface area contributed by atoms with Crippen molar-refractivity contribution >= 4 is 50.3 Å².